The SMILES string of the molecule is Cc1nc2nc(N3CCOCC3)[nH]c(=O)c2c(=S)n1-c1cccc(C(F)(F)F)c1. The summed E-state index contributed by atoms with van der Waals surface area (Å²) in [6.07, 6.45) is -4.50. The Balaban J connectivity index is 1.89. The van der Waals surface area contributed by atoms with Crippen molar-refractivity contribution >= 4 is 29.2 Å². The Morgan fingerprint density at radius 3 is 2.62 bits per heavy atom. The van der Waals surface area contributed by atoms with Crippen LogP contribution in [0.4, 0.5) is 19.1 Å². The van der Waals surface area contributed by atoms with Gasteiger partial charge in [0.25, 0.3) is 5.56 Å². The van der Waals surface area contributed by atoms with Crippen LogP contribution in [-0.2, 0) is 10.9 Å². The highest BCUT2D eigenvalue weighted by molar-refractivity contribution is 7.71. The Kier molecular flexibility index (Phi) is 4.87. The van der Waals surface area contributed by atoms with Crippen LogP contribution in [0.2, 0.25) is 0 Å². The summed E-state index contributed by atoms with van der Waals surface area (Å²) in [6.45, 7) is 3.79. The van der Waals surface area contributed by atoms with Crippen molar-refractivity contribution in [2.75, 3.05) is 31.2 Å². The molecule has 1 aliphatic rings. The standard InChI is InChI=1S/C18H16F3N5O2S/c1-10-22-14-13(15(27)24-17(23-14)25-5-7-28-8-6-25)16(29)26(10)12-4-2-3-11(9-12)18(19,20)21/h2-4,9H,5-8H2,1H3,(H,23,24,27). The van der Waals surface area contributed by atoms with E-state index in [4.69, 9.17) is 17.0 Å². The molecule has 7 nitrogen and oxygen atoms in total. The molecule has 4 rings (SSSR count). The van der Waals surface area contributed by atoms with Gasteiger partial charge in [-0.05, 0) is 25.1 Å². The first-order chi connectivity index (χ1) is 13.8. The predicted octanol–water partition coefficient (Wildman–Crippen LogP) is 3.00. The summed E-state index contributed by atoms with van der Waals surface area (Å²) in [5.41, 5.74) is -0.977. The number of hydrogen-bond acceptors (Lipinski definition) is 6. The van der Waals surface area contributed by atoms with Crippen molar-refractivity contribution < 1.29 is 17.9 Å². The summed E-state index contributed by atoms with van der Waals surface area (Å²) in [5.74, 6) is 0.691. The lowest BCUT2D eigenvalue weighted by Crippen LogP contribution is -2.38. The number of aromatic amines is 1. The molecular formula is C18H16F3N5O2S. The van der Waals surface area contributed by atoms with Crippen LogP contribution >= 0.6 is 12.2 Å². The van der Waals surface area contributed by atoms with E-state index in [9.17, 15) is 18.0 Å². The zero-order chi connectivity index (χ0) is 20.8. The molecule has 1 saturated heterocycles. The number of H-pyrrole nitrogens is 1. The molecule has 0 amide bonds. The molecule has 2 aromatic heterocycles. The van der Waals surface area contributed by atoms with E-state index in [0.29, 0.717) is 38.1 Å². The maximum atomic E-state index is 13.1. The minimum Gasteiger partial charge on any atom is -0.378 e. The van der Waals surface area contributed by atoms with Gasteiger partial charge in [-0.1, -0.05) is 18.3 Å². The van der Waals surface area contributed by atoms with Crippen molar-refractivity contribution in [2.24, 2.45) is 0 Å². The smallest absolute Gasteiger partial charge is 0.378 e. The van der Waals surface area contributed by atoms with E-state index in [2.05, 4.69) is 15.0 Å². The van der Waals surface area contributed by atoms with Gasteiger partial charge in [-0.15, -0.1) is 0 Å². The summed E-state index contributed by atoms with van der Waals surface area (Å²) in [4.78, 5) is 26.1. The second-order valence-corrected chi connectivity index (χ2v) is 6.92. The molecule has 29 heavy (non-hydrogen) atoms. The van der Waals surface area contributed by atoms with Crippen LogP contribution in [0.15, 0.2) is 29.1 Å². The number of nitrogens with one attached hydrogen (secondary N) is 1. The number of rotatable bonds is 2. The summed E-state index contributed by atoms with van der Waals surface area (Å²) < 4.78 is 46.0. The largest absolute Gasteiger partial charge is 0.416 e. The fourth-order valence-corrected chi connectivity index (χ4v) is 3.66. The van der Waals surface area contributed by atoms with Crippen molar-refractivity contribution in [3.63, 3.8) is 0 Å². The number of anilines is 1. The maximum Gasteiger partial charge on any atom is 0.416 e. The van der Waals surface area contributed by atoms with Gasteiger partial charge in [0.05, 0.1) is 18.8 Å². The summed E-state index contributed by atoms with van der Waals surface area (Å²) >= 11 is 5.44. The number of nitrogens with zero attached hydrogens (tertiary/aromatic N) is 4. The first-order valence-electron chi connectivity index (χ1n) is 8.80. The normalized spacial score (nSPS) is 15.1. The highest BCUT2D eigenvalue weighted by atomic mass is 32.1. The number of ether oxygens (including phenoxy) is 1. The number of benzene rings is 1. The second-order valence-electron chi connectivity index (χ2n) is 6.54. The van der Waals surface area contributed by atoms with E-state index in [1.807, 2.05) is 4.90 Å². The fourth-order valence-electron chi connectivity index (χ4n) is 3.24. The zero-order valence-corrected chi connectivity index (χ0v) is 16.1. The summed E-state index contributed by atoms with van der Waals surface area (Å²) in [6, 6.07) is 4.71. The first kappa shape index (κ1) is 19.5. The van der Waals surface area contributed by atoms with E-state index >= 15 is 0 Å². The number of alkyl halides is 3. The third-order valence-corrected chi connectivity index (χ3v) is 5.03. The highest BCUT2D eigenvalue weighted by Gasteiger charge is 2.30. The molecule has 0 unspecified atom stereocenters. The number of aromatic nitrogens is 4. The van der Waals surface area contributed by atoms with Gasteiger partial charge in [-0.2, -0.15) is 18.2 Å². The molecule has 0 radical (unpaired) electrons. The number of hydrogen-bond donors (Lipinski definition) is 1. The van der Waals surface area contributed by atoms with Crippen LogP contribution in [-0.4, -0.2) is 45.8 Å². The lowest BCUT2D eigenvalue weighted by atomic mass is 10.2. The van der Waals surface area contributed by atoms with Gasteiger partial charge in [0.15, 0.2) is 5.65 Å². The molecule has 1 aliphatic heterocycles. The molecule has 1 fully saturated rings. The molecule has 0 spiro atoms. The lowest BCUT2D eigenvalue weighted by Gasteiger charge is -2.27. The van der Waals surface area contributed by atoms with Gasteiger partial charge >= 0.3 is 6.18 Å². The lowest BCUT2D eigenvalue weighted by molar-refractivity contribution is -0.137. The van der Waals surface area contributed by atoms with Gasteiger partial charge in [0.2, 0.25) is 5.95 Å². The highest BCUT2D eigenvalue weighted by Crippen LogP contribution is 2.30. The minimum atomic E-state index is -4.50. The van der Waals surface area contributed by atoms with Crippen LogP contribution in [0.3, 0.4) is 0 Å². The van der Waals surface area contributed by atoms with E-state index in [1.54, 1.807) is 6.92 Å². The van der Waals surface area contributed by atoms with Crippen molar-refractivity contribution in [3.05, 3.63) is 50.6 Å². The number of morpholine rings is 1. The van der Waals surface area contributed by atoms with Crippen molar-refractivity contribution in [1.29, 1.82) is 0 Å². The quantitative estimate of drug-likeness (QED) is 0.639. The molecule has 3 heterocycles. The van der Waals surface area contributed by atoms with Gasteiger partial charge < -0.3 is 9.64 Å². The molecule has 152 valence electrons. The average Bonchev–Trinajstić information content (AvgIpc) is 2.67. The molecule has 1 aromatic carbocycles. The van der Waals surface area contributed by atoms with Crippen LogP contribution < -0.4 is 10.5 Å². The molecule has 11 heteroatoms. The first-order valence-corrected chi connectivity index (χ1v) is 9.20. The number of aryl methyl sites for hydroxylation is 1. The van der Waals surface area contributed by atoms with Crippen LogP contribution in [0, 0.1) is 11.6 Å². The molecule has 0 atom stereocenters. The number of fused-ring (bicyclic) bond motifs is 1. The molecule has 1 N–H and O–H groups in total. The Morgan fingerprint density at radius 1 is 1.21 bits per heavy atom. The summed E-state index contributed by atoms with van der Waals surface area (Å²) in [5, 5.41) is 0.0556. The minimum absolute atomic E-state index is 0.0501. The van der Waals surface area contributed by atoms with Crippen molar-refractivity contribution in [2.45, 2.75) is 13.1 Å². The average molecular weight is 423 g/mol. The molecule has 0 bridgehead atoms. The van der Waals surface area contributed by atoms with E-state index in [0.717, 1.165) is 12.1 Å². The third kappa shape index (κ3) is 3.62. The van der Waals surface area contributed by atoms with Gasteiger partial charge in [0.1, 0.15) is 15.9 Å². The van der Waals surface area contributed by atoms with Crippen molar-refractivity contribution in [3.8, 4) is 5.69 Å². The van der Waals surface area contributed by atoms with E-state index in [-0.39, 0.29) is 21.4 Å². The van der Waals surface area contributed by atoms with Gasteiger partial charge in [0, 0.05) is 18.8 Å². The molecule has 3 aromatic rings. The second kappa shape index (κ2) is 7.23. The Morgan fingerprint density at radius 2 is 1.93 bits per heavy atom. The van der Waals surface area contributed by atoms with Gasteiger partial charge in [-0.25, -0.2) is 4.98 Å². The summed E-state index contributed by atoms with van der Waals surface area (Å²) in [7, 11) is 0. The third-order valence-electron chi connectivity index (χ3n) is 4.64. The predicted molar refractivity (Wildman–Crippen MR) is 103 cm³/mol. The van der Waals surface area contributed by atoms with Crippen LogP contribution in [0.5, 0.6) is 0 Å². The Hall–Kier alpha value is -2.79. The zero-order valence-electron chi connectivity index (χ0n) is 15.3. The van der Waals surface area contributed by atoms with Crippen LogP contribution in [0.25, 0.3) is 16.7 Å². The van der Waals surface area contributed by atoms with Gasteiger partial charge in [-0.3, -0.25) is 14.3 Å². The monoisotopic (exact) mass is 423 g/mol. The Labute approximate surface area is 167 Å². The van der Waals surface area contributed by atoms with E-state index < -0.39 is 17.3 Å². The van der Waals surface area contributed by atoms with Crippen LogP contribution in [0.1, 0.15) is 11.4 Å². The molecule has 0 aliphatic carbocycles. The van der Waals surface area contributed by atoms with Crippen molar-refractivity contribution in [1.82, 2.24) is 19.5 Å². The molecule has 0 saturated carbocycles. The molecular weight excluding hydrogens is 407 g/mol. The maximum absolute atomic E-state index is 13.1. The topological polar surface area (TPSA) is 76.0 Å². The number of halogens is 3. The fraction of sp³-hybridized carbons (Fsp3) is 0.333. The Bertz CT molecular complexity index is 1200. The van der Waals surface area contributed by atoms with E-state index in [1.165, 1.54) is 16.7 Å².